The Labute approximate surface area is 852 Å². The molecule has 0 radical (unpaired) electrons. The number of carbonyl (C=O) groups is 8. The van der Waals surface area contributed by atoms with E-state index in [2.05, 4.69) is 67.8 Å². The number of carbonyl (C=O) groups excluding carboxylic acids is 8. The van der Waals surface area contributed by atoms with E-state index in [0.717, 1.165) is 28.6 Å². The summed E-state index contributed by atoms with van der Waals surface area (Å²) < 4.78 is 23.1. The summed E-state index contributed by atoms with van der Waals surface area (Å²) in [5, 5.41) is 38.1. The lowest BCUT2D eigenvalue weighted by molar-refractivity contribution is 0.0912. The second-order valence-corrected chi connectivity index (χ2v) is 36.4. The number of aliphatic hydroxyl groups is 1. The molecule has 141 heavy (non-hydrogen) atoms. The van der Waals surface area contributed by atoms with Crippen molar-refractivity contribution in [1.82, 2.24) is 41.2 Å². The van der Waals surface area contributed by atoms with E-state index in [0.29, 0.717) is 112 Å². The van der Waals surface area contributed by atoms with Gasteiger partial charge in [-0.05, 0) is 242 Å². The van der Waals surface area contributed by atoms with Gasteiger partial charge < -0.3 is 53.0 Å². The van der Waals surface area contributed by atoms with E-state index in [-0.39, 0.29) is 89.4 Å². The molecule has 0 saturated heterocycles. The highest BCUT2D eigenvalue weighted by atomic mass is 35.5. The molecule has 0 spiro atoms. The Bertz CT molecular complexity index is 7320. The van der Waals surface area contributed by atoms with Crippen molar-refractivity contribution in [2.45, 2.75) is 30.4 Å². The van der Waals surface area contributed by atoms with Gasteiger partial charge in [0.2, 0.25) is 0 Å². The van der Waals surface area contributed by atoms with E-state index in [4.69, 9.17) is 92.8 Å². The molecule has 12 aromatic carbocycles. The van der Waals surface area contributed by atoms with Gasteiger partial charge in [0.25, 0.3) is 47.3 Å². The molecule has 24 nitrogen and oxygen atoms in total. The Morgan fingerprint density at radius 2 is 0.617 bits per heavy atom. The zero-order valence-electron chi connectivity index (χ0n) is 74.8. The predicted octanol–water partition coefficient (Wildman–Crippen LogP) is 24.4. The molecule has 2 atom stereocenters. The molecule has 8 amide bonds. The van der Waals surface area contributed by atoms with Gasteiger partial charge in [0, 0.05) is 124 Å². The SMILES string of the molecule is CC(NC(=O)c1ccc(C(=O)Nc2ccc(Cl)c(-c3ccccn3)c2)c(Cl)c1)c1ccccc1.CS(=O)(=O)c1ccc(CNC(=O)c2ccc(C(=O)Nc3ccc(Cl)c(-c4ccccn4)c3)c(Cl)c2)cc1.O=C(NCCNc1ccccc1)c1ccc(C(=O)Nc2ccc(Cl)c(-c3ccccn3)c2)c(Cl)c1.O=C(N[C@H](CO)c1ccccc1)c1ccc(C(=O)Nc2ccc(Cl)c(-c3ccccn3)c2)c(Cl)c1. The minimum Gasteiger partial charge on any atom is -0.394 e. The molecule has 10 N–H and O–H groups in total. The summed E-state index contributed by atoms with van der Waals surface area (Å²) in [5.74, 6) is -3.04. The first kappa shape index (κ1) is 103. The van der Waals surface area contributed by atoms with Crippen molar-refractivity contribution in [1.29, 1.82) is 0 Å². The number of pyridine rings is 4. The minimum absolute atomic E-state index is 0.113. The highest BCUT2D eigenvalue weighted by Crippen LogP contribution is 2.36. The number of hydrogen-bond donors (Lipinski definition) is 10. The van der Waals surface area contributed by atoms with Gasteiger partial charge in [0.1, 0.15) is 0 Å². The third kappa shape index (κ3) is 29.1. The third-order valence-corrected chi connectivity index (χ3v) is 24.9. The van der Waals surface area contributed by atoms with Gasteiger partial charge in [-0.25, -0.2) is 8.42 Å². The van der Waals surface area contributed by atoms with Crippen LogP contribution in [0.5, 0.6) is 0 Å². The van der Waals surface area contributed by atoms with Crippen LogP contribution < -0.4 is 47.9 Å². The molecule has 0 bridgehead atoms. The quantitative estimate of drug-likeness (QED) is 0.0204. The van der Waals surface area contributed by atoms with E-state index < -0.39 is 51.3 Å². The zero-order chi connectivity index (χ0) is 100. The van der Waals surface area contributed by atoms with E-state index in [1.807, 2.05) is 159 Å². The number of amides is 8. The topological polar surface area (TPSA) is 351 Å². The maximum absolute atomic E-state index is 12.9. The molecule has 16 aromatic rings. The van der Waals surface area contributed by atoms with Gasteiger partial charge in [-0.2, -0.15) is 0 Å². The van der Waals surface area contributed by atoms with Crippen LogP contribution in [-0.4, -0.2) is 107 Å². The third-order valence-electron chi connectivity index (χ3n) is 21.2. The molecule has 0 saturated carbocycles. The molecule has 1 unspecified atom stereocenters. The summed E-state index contributed by atoms with van der Waals surface area (Å²) in [6.45, 7) is 2.85. The molecule has 0 aliphatic rings. The summed E-state index contributed by atoms with van der Waals surface area (Å²) in [6.07, 6.45) is 7.80. The molecule has 0 aliphatic heterocycles. The lowest BCUT2D eigenvalue weighted by Crippen LogP contribution is -2.30. The van der Waals surface area contributed by atoms with E-state index in [9.17, 15) is 51.9 Å². The van der Waals surface area contributed by atoms with Gasteiger partial charge in [-0.15, -0.1) is 0 Å². The molecular weight excluding hydrogens is 1970 g/mol. The molecule has 4 aromatic heterocycles. The fourth-order valence-corrected chi connectivity index (χ4v) is 16.4. The number of nitrogens with zero attached hydrogens (tertiary/aromatic N) is 4. The summed E-state index contributed by atoms with van der Waals surface area (Å²) in [4.78, 5) is 119. The number of aromatic nitrogens is 4. The van der Waals surface area contributed by atoms with Crippen LogP contribution >= 0.6 is 92.8 Å². The zero-order valence-corrected chi connectivity index (χ0v) is 81.7. The Hall–Kier alpha value is -15.0. The van der Waals surface area contributed by atoms with Gasteiger partial charge in [-0.3, -0.25) is 58.3 Å². The van der Waals surface area contributed by atoms with E-state index in [1.54, 1.807) is 134 Å². The lowest BCUT2D eigenvalue weighted by Gasteiger charge is -2.17. The first-order valence-electron chi connectivity index (χ1n) is 43.3. The number of rotatable bonds is 28. The fraction of sp³-hybridized carbons (Fsp3) is 0.0741. The van der Waals surface area contributed by atoms with Crippen molar-refractivity contribution in [3.8, 4) is 45.0 Å². The first-order chi connectivity index (χ1) is 68.0. The van der Waals surface area contributed by atoms with Gasteiger partial charge in [0.05, 0.1) is 109 Å². The average molecular weight is 2060 g/mol. The van der Waals surface area contributed by atoms with Crippen molar-refractivity contribution in [2.24, 2.45) is 0 Å². The van der Waals surface area contributed by atoms with Crippen LogP contribution in [0, 0.1) is 0 Å². The Balaban J connectivity index is 0.000000158. The average Bonchev–Trinajstić information content (AvgIpc) is 0.819. The van der Waals surface area contributed by atoms with Gasteiger partial charge >= 0.3 is 0 Å². The molecule has 4 heterocycles. The lowest BCUT2D eigenvalue weighted by atomic mass is 10.1. The predicted molar refractivity (Wildman–Crippen MR) is 560 cm³/mol. The summed E-state index contributed by atoms with van der Waals surface area (Å²) in [6, 6.07) is 94.5. The molecular formula is C108H85Cl8N13O11S. The number of anilines is 5. The number of benzene rings is 12. The van der Waals surface area contributed by atoms with Crippen LogP contribution in [0.1, 0.15) is 119 Å². The number of para-hydroxylation sites is 1. The van der Waals surface area contributed by atoms with Crippen LogP contribution in [0.4, 0.5) is 28.4 Å². The number of halogens is 8. The van der Waals surface area contributed by atoms with Crippen LogP contribution in [0.3, 0.4) is 0 Å². The summed E-state index contributed by atoms with van der Waals surface area (Å²) in [7, 11) is -3.29. The number of hydrogen-bond acceptors (Lipinski definition) is 16. The molecule has 710 valence electrons. The van der Waals surface area contributed by atoms with Gasteiger partial charge in [-0.1, -0.05) is 208 Å². The maximum Gasteiger partial charge on any atom is 0.257 e. The number of sulfone groups is 1. The van der Waals surface area contributed by atoms with Crippen LogP contribution in [-0.2, 0) is 16.4 Å². The summed E-state index contributed by atoms with van der Waals surface area (Å²) >= 11 is 50.7. The van der Waals surface area contributed by atoms with Crippen molar-refractivity contribution >= 4 is 178 Å². The first-order valence-corrected chi connectivity index (χ1v) is 48.2. The van der Waals surface area contributed by atoms with Crippen LogP contribution in [0.25, 0.3) is 45.0 Å². The minimum atomic E-state index is -3.29. The highest BCUT2D eigenvalue weighted by Gasteiger charge is 2.24. The molecule has 16 rings (SSSR count). The standard InChI is InChI=1S/C27H22Cl2N4O2.C27H21Cl2N3O4S.C27H21Cl2N3O3.C27H21Cl2N3O2/c28-23-12-10-20(17-22(23)25-8-4-5-13-31-25)33-27(35)21-11-9-18(16-24(21)29)26(34)32-15-14-30-19-6-2-1-3-7-19;1-37(35,36)20-9-5-17(6-10-20)16-31-26(33)18-7-11-21(24(29)14-18)27(34)32-19-8-12-23(28)22(15-19)25-4-2-3-13-30-25;28-22-12-10-19(15-21(22)24-8-4-5-13-30-24)31-27(35)20-11-9-18(14-23(20)29)26(34)32-25(16-33)17-6-2-1-3-7-17;1-17(18-7-3-2-4-8-18)31-26(33)19-10-12-21(24(29)15-19)27(34)32-20-11-13-23(28)22(16-20)25-9-5-6-14-30-25/h1-13,16-17,30H,14-15H2,(H,32,34)(H,33,35);2-15H,16H2,1H3,(H,31,33)(H,32,34);1-15,25,33H,16H2,(H,31,35)(H,32,34);2-17H,1H3,(H,31,33)(H,32,34)/t;;25-;/m..1./s1. The Morgan fingerprint density at radius 3 is 0.936 bits per heavy atom. The Morgan fingerprint density at radius 1 is 0.305 bits per heavy atom. The normalized spacial score (nSPS) is 11.1. The van der Waals surface area contributed by atoms with Crippen molar-refractivity contribution < 1.29 is 51.9 Å². The number of aliphatic hydroxyl groups excluding tert-OH is 1. The van der Waals surface area contributed by atoms with Gasteiger partial charge in [0.15, 0.2) is 9.84 Å². The maximum atomic E-state index is 12.9. The second kappa shape index (κ2) is 50.1. The van der Waals surface area contributed by atoms with Crippen molar-refractivity contribution in [3.05, 3.63) is 460 Å². The fourth-order valence-electron chi connectivity index (χ4n) is 13.9. The van der Waals surface area contributed by atoms with Crippen molar-refractivity contribution in [3.63, 3.8) is 0 Å². The Kier molecular flexibility index (Phi) is 36.7. The summed E-state index contributed by atoms with van der Waals surface area (Å²) in [5.41, 5.74) is 13.3. The molecule has 0 fully saturated rings. The molecule has 33 heteroatoms. The smallest absolute Gasteiger partial charge is 0.257 e. The molecule has 0 aliphatic carbocycles. The second-order valence-electron chi connectivity index (χ2n) is 31.1. The van der Waals surface area contributed by atoms with Crippen LogP contribution in [0.15, 0.2) is 363 Å². The van der Waals surface area contributed by atoms with Crippen molar-refractivity contribution in [2.75, 3.05) is 52.5 Å². The van der Waals surface area contributed by atoms with Crippen LogP contribution in [0.2, 0.25) is 40.2 Å². The highest BCUT2D eigenvalue weighted by molar-refractivity contribution is 7.90. The number of nitrogens with one attached hydrogen (secondary N) is 9. The monoisotopic (exact) mass is 2050 g/mol. The largest absolute Gasteiger partial charge is 0.394 e. The van der Waals surface area contributed by atoms with E-state index >= 15 is 0 Å². The van der Waals surface area contributed by atoms with E-state index in [1.165, 1.54) is 72.8 Å².